The second kappa shape index (κ2) is 16.7. The summed E-state index contributed by atoms with van der Waals surface area (Å²) in [7, 11) is 0. The summed E-state index contributed by atoms with van der Waals surface area (Å²) in [6.07, 6.45) is 3.92. The maximum absolute atomic E-state index is 15.0. The first kappa shape index (κ1) is 40.1. The fraction of sp³-hybridized carbons (Fsp3) is 0.381. The SMILES string of the molecule is Cc1cc(-c2cc(Nc3ccc(N4CCN(CCc5cc(F)c(C6CCC(=O)NC6=O)c(F)c5)CC4)cn3)ncn2)ccc1[C@@H](C)NC(=O)c1nc(C(C)(C)C)no1. The van der Waals surface area contributed by atoms with Crippen molar-refractivity contribution in [2.75, 3.05) is 42.9 Å². The molecule has 5 heterocycles. The zero-order valence-electron chi connectivity index (χ0n) is 33.1. The summed E-state index contributed by atoms with van der Waals surface area (Å²) in [5.74, 6) is -2.44. The first-order valence-electron chi connectivity index (χ1n) is 19.3. The summed E-state index contributed by atoms with van der Waals surface area (Å²) in [5, 5.41) is 12.3. The highest BCUT2D eigenvalue weighted by atomic mass is 19.1. The summed E-state index contributed by atoms with van der Waals surface area (Å²) in [5.41, 5.74) is 4.42. The van der Waals surface area contributed by atoms with E-state index in [0.29, 0.717) is 36.0 Å². The number of piperazine rings is 1. The Morgan fingerprint density at radius 3 is 2.40 bits per heavy atom. The zero-order chi connectivity index (χ0) is 41.1. The topological polar surface area (TPSA) is 171 Å². The Balaban J connectivity index is 0.897. The van der Waals surface area contributed by atoms with Crippen LogP contribution in [0.15, 0.2) is 65.6 Å². The molecule has 5 aromatic rings. The quantitative estimate of drug-likeness (QED) is 0.135. The van der Waals surface area contributed by atoms with Gasteiger partial charge in [-0.1, -0.05) is 38.1 Å². The van der Waals surface area contributed by atoms with Gasteiger partial charge in [-0.25, -0.2) is 23.7 Å². The minimum Gasteiger partial charge on any atom is -0.368 e. The van der Waals surface area contributed by atoms with Crippen molar-refractivity contribution in [2.45, 2.75) is 71.3 Å². The number of imide groups is 1. The van der Waals surface area contributed by atoms with Crippen LogP contribution in [0.3, 0.4) is 0 Å². The second-order valence-electron chi connectivity index (χ2n) is 15.8. The number of aryl methyl sites for hydroxylation is 1. The number of anilines is 3. The zero-order valence-corrected chi connectivity index (χ0v) is 33.1. The lowest BCUT2D eigenvalue weighted by Gasteiger charge is -2.36. The van der Waals surface area contributed by atoms with Gasteiger partial charge >= 0.3 is 11.8 Å². The molecule has 0 spiro atoms. The van der Waals surface area contributed by atoms with Crippen LogP contribution in [0.2, 0.25) is 0 Å². The van der Waals surface area contributed by atoms with Crippen LogP contribution in [0.25, 0.3) is 11.3 Å². The molecule has 2 atom stereocenters. The summed E-state index contributed by atoms with van der Waals surface area (Å²) >= 11 is 0. The molecule has 0 bridgehead atoms. The first-order chi connectivity index (χ1) is 27.7. The van der Waals surface area contributed by atoms with E-state index in [0.717, 1.165) is 54.3 Å². The molecule has 16 heteroatoms. The number of pyridine rings is 1. The van der Waals surface area contributed by atoms with Gasteiger partial charge in [0.1, 0.15) is 29.6 Å². The van der Waals surface area contributed by atoms with E-state index < -0.39 is 35.3 Å². The van der Waals surface area contributed by atoms with E-state index in [4.69, 9.17) is 4.52 Å². The monoisotopic (exact) mass is 792 g/mol. The maximum atomic E-state index is 15.0. The van der Waals surface area contributed by atoms with Gasteiger partial charge in [-0.05, 0) is 73.7 Å². The molecular formula is C42H46F2N10O4. The van der Waals surface area contributed by atoms with Crippen LogP contribution in [0, 0.1) is 18.6 Å². The molecule has 7 rings (SSSR count). The number of aromatic nitrogens is 5. The molecule has 0 saturated carbocycles. The molecule has 3 N–H and O–H groups in total. The van der Waals surface area contributed by atoms with Crippen LogP contribution >= 0.6 is 0 Å². The molecule has 2 aliphatic heterocycles. The fourth-order valence-electron chi connectivity index (χ4n) is 7.24. The van der Waals surface area contributed by atoms with Crippen molar-refractivity contribution in [1.29, 1.82) is 0 Å². The number of carbonyl (C=O) groups is 3. The van der Waals surface area contributed by atoms with Crippen LogP contribution in [0.4, 0.5) is 26.1 Å². The molecular weight excluding hydrogens is 747 g/mol. The standard InChI is InChI=1S/C42H46F2N10O4/c1-24-18-27(6-8-29(24)25(2)48-39(57)40-51-41(52-58-40)42(3,4)5)33-21-35(47-23-46-33)49-34-10-7-28(22-45-34)54-16-14-53(15-17-54)13-12-26-19-31(43)37(32(44)20-26)30-9-11-36(55)50-38(30)56/h6-8,10,18-23,25,30H,9,11-17H2,1-5H3,(H,48,57)(H,50,55,56)(H,45,46,47,49)/t25-,30?/m1/s1. The number of nitrogens with one attached hydrogen (secondary N) is 3. The normalized spacial score (nSPS) is 16.9. The van der Waals surface area contributed by atoms with Crippen molar-refractivity contribution in [3.63, 3.8) is 0 Å². The molecule has 2 aromatic carbocycles. The molecule has 302 valence electrons. The molecule has 14 nitrogen and oxygen atoms in total. The highest BCUT2D eigenvalue weighted by Crippen LogP contribution is 2.31. The lowest BCUT2D eigenvalue weighted by atomic mass is 9.89. The smallest absolute Gasteiger partial charge is 0.315 e. The number of benzene rings is 2. The molecule has 3 amide bonds. The van der Waals surface area contributed by atoms with Gasteiger partial charge in [0, 0.05) is 61.8 Å². The number of hydrogen-bond acceptors (Lipinski definition) is 12. The summed E-state index contributed by atoms with van der Waals surface area (Å²) in [6, 6.07) is 14.0. The lowest BCUT2D eigenvalue weighted by molar-refractivity contribution is -0.134. The number of hydrogen-bond donors (Lipinski definition) is 3. The number of rotatable bonds is 11. The minimum absolute atomic E-state index is 0.0534. The average Bonchev–Trinajstić information content (AvgIpc) is 3.70. The van der Waals surface area contributed by atoms with Crippen molar-refractivity contribution < 1.29 is 27.7 Å². The minimum atomic E-state index is -1.01. The fourth-order valence-corrected chi connectivity index (χ4v) is 7.24. The maximum Gasteiger partial charge on any atom is 0.315 e. The molecule has 2 saturated heterocycles. The van der Waals surface area contributed by atoms with Crippen molar-refractivity contribution in [2.24, 2.45) is 0 Å². The third-order valence-electron chi connectivity index (χ3n) is 10.5. The summed E-state index contributed by atoms with van der Waals surface area (Å²) < 4.78 is 35.2. The van der Waals surface area contributed by atoms with E-state index in [1.54, 1.807) is 0 Å². The number of piperidine rings is 1. The van der Waals surface area contributed by atoms with Crippen LogP contribution in [0.1, 0.15) is 91.3 Å². The summed E-state index contributed by atoms with van der Waals surface area (Å²) in [6.45, 7) is 13.4. The van der Waals surface area contributed by atoms with E-state index in [1.807, 2.05) is 77.2 Å². The molecule has 1 unspecified atom stereocenters. The molecule has 0 radical (unpaired) electrons. The van der Waals surface area contributed by atoms with Crippen molar-refractivity contribution in [1.82, 2.24) is 40.6 Å². The van der Waals surface area contributed by atoms with Gasteiger partial charge in [0.15, 0.2) is 5.82 Å². The molecule has 2 aliphatic rings. The van der Waals surface area contributed by atoms with E-state index in [1.165, 1.54) is 18.5 Å². The Bertz CT molecular complexity index is 2300. The van der Waals surface area contributed by atoms with Crippen LogP contribution in [-0.4, -0.2) is 80.4 Å². The van der Waals surface area contributed by atoms with Crippen LogP contribution < -0.4 is 20.9 Å². The number of amides is 3. The molecule has 3 aromatic heterocycles. The van der Waals surface area contributed by atoms with Gasteiger partial charge < -0.3 is 20.1 Å². The van der Waals surface area contributed by atoms with Gasteiger partial charge in [-0.15, -0.1) is 0 Å². The predicted molar refractivity (Wildman–Crippen MR) is 212 cm³/mol. The lowest BCUT2D eigenvalue weighted by Crippen LogP contribution is -2.47. The highest BCUT2D eigenvalue weighted by Gasteiger charge is 2.33. The molecule has 2 fully saturated rings. The first-order valence-corrected chi connectivity index (χ1v) is 19.3. The largest absolute Gasteiger partial charge is 0.368 e. The average molecular weight is 793 g/mol. The Morgan fingerprint density at radius 1 is 0.983 bits per heavy atom. The van der Waals surface area contributed by atoms with E-state index >= 15 is 0 Å². The third kappa shape index (κ3) is 9.17. The molecule has 0 aliphatic carbocycles. The Kier molecular flexibility index (Phi) is 11.6. The second-order valence-corrected chi connectivity index (χ2v) is 15.8. The van der Waals surface area contributed by atoms with Gasteiger partial charge in [0.05, 0.1) is 29.5 Å². The van der Waals surface area contributed by atoms with Crippen LogP contribution in [-0.2, 0) is 21.4 Å². The number of halogens is 2. The van der Waals surface area contributed by atoms with Crippen molar-refractivity contribution >= 4 is 35.0 Å². The van der Waals surface area contributed by atoms with Gasteiger partial charge in [-0.3, -0.25) is 24.6 Å². The van der Waals surface area contributed by atoms with E-state index in [2.05, 4.69) is 50.8 Å². The van der Waals surface area contributed by atoms with Gasteiger partial charge in [0.25, 0.3) is 0 Å². The van der Waals surface area contributed by atoms with E-state index in [9.17, 15) is 23.2 Å². The van der Waals surface area contributed by atoms with E-state index in [-0.39, 0.29) is 35.8 Å². The highest BCUT2D eigenvalue weighted by molar-refractivity contribution is 6.01. The van der Waals surface area contributed by atoms with Crippen molar-refractivity contribution in [3.8, 4) is 11.3 Å². The Hall–Kier alpha value is -6.16. The summed E-state index contributed by atoms with van der Waals surface area (Å²) in [4.78, 5) is 58.8. The van der Waals surface area contributed by atoms with Crippen molar-refractivity contribution in [3.05, 3.63) is 107 Å². The molecule has 58 heavy (non-hydrogen) atoms. The van der Waals surface area contributed by atoms with Gasteiger partial charge in [-0.2, -0.15) is 4.98 Å². The number of nitrogens with zero attached hydrogens (tertiary/aromatic N) is 7. The Labute approximate surface area is 334 Å². The van der Waals surface area contributed by atoms with Gasteiger partial charge in [0.2, 0.25) is 11.8 Å². The number of carbonyl (C=O) groups excluding carboxylic acids is 3. The Morgan fingerprint density at radius 2 is 1.74 bits per heavy atom. The third-order valence-corrected chi connectivity index (χ3v) is 10.5. The van der Waals surface area contributed by atoms with Crippen LogP contribution in [0.5, 0.6) is 0 Å². The predicted octanol–water partition coefficient (Wildman–Crippen LogP) is 5.93.